The first kappa shape index (κ1) is 13.9. The number of carboxylic acid groups (broad SMARTS) is 1. The van der Waals surface area contributed by atoms with Crippen LogP contribution < -0.4 is 10.5 Å². The smallest absolute Gasteiger partial charge is 0.339 e. The summed E-state index contributed by atoms with van der Waals surface area (Å²) in [5, 5.41) is 9.15. The average molecular weight is 271 g/mol. The molecule has 0 atom stereocenters. The predicted octanol–water partition coefficient (Wildman–Crippen LogP) is 3.88. The summed E-state index contributed by atoms with van der Waals surface area (Å²) in [7, 11) is 0. The molecule has 3 N–H and O–H groups in total. The van der Waals surface area contributed by atoms with E-state index in [0.717, 1.165) is 0 Å². The van der Waals surface area contributed by atoms with Crippen molar-refractivity contribution in [2.24, 2.45) is 0 Å². The number of hydrogen-bond acceptors (Lipinski definition) is 3. The van der Waals surface area contributed by atoms with Gasteiger partial charge in [0.05, 0.1) is 5.69 Å². The van der Waals surface area contributed by atoms with Gasteiger partial charge in [0.1, 0.15) is 11.3 Å². The van der Waals surface area contributed by atoms with Gasteiger partial charge in [0.2, 0.25) is 0 Å². The highest BCUT2D eigenvalue weighted by Gasteiger charge is 2.14. The Morgan fingerprint density at radius 2 is 1.80 bits per heavy atom. The predicted molar refractivity (Wildman–Crippen MR) is 78.4 cm³/mol. The molecule has 0 saturated heterocycles. The first-order chi connectivity index (χ1) is 9.49. The normalized spacial score (nSPS) is 10.6. The lowest BCUT2D eigenvalue weighted by molar-refractivity contribution is 0.0694. The number of benzene rings is 2. The highest BCUT2D eigenvalue weighted by molar-refractivity contribution is 5.93. The lowest BCUT2D eigenvalue weighted by atomic mass is 10.0. The van der Waals surface area contributed by atoms with E-state index in [1.807, 2.05) is 24.3 Å². The fraction of sp³-hybridized carbons (Fsp3) is 0.188. The molecule has 4 heteroatoms. The van der Waals surface area contributed by atoms with Gasteiger partial charge in [0.15, 0.2) is 5.75 Å². The molecule has 0 aliphatic rings. The van der Waals surface area contributed by atoms with Crippen molar-refractivity contribution in [1.29, 1.82) is 0 Å². The molecule has 0 saturated carbocycles. The molecule has 0 fully saturated rings. The van der Waals surface area contributed by atoms with E-state index in [1.54, 1.807) is 12.1 Å². The van der Waals surface area contributed by atoms with Gasteiger partial charge in [0, 0.05) is 0 Å². The van der Waals surface area contributed by atoms with Gasteiger partial charge in [-0.1, -0.05) is 32.0 Å². The Labute approximate surface area is 117 Å². The fourth-order valence-corrected chi connectivity index (χ4v) is 1.88. The second-order valence-corrected chi connectivity index (χ2v) is 4.85. The molecule has 2 aromatic rings. The van der Waals surface area contributed by atoms with Crippen LogP contribution in [-0.4, -0.2) is 11.1 Å². The second-order valence-electron chi connectivity index (χ2n) is 4.85. The maximum atomic E-state index is 11.2. The van der Waals surface area contributed by atoms with Gasteiger partial charge in [-0.3, -0.25) is 0 Å². The average Bonchev–Trinajstić information content (AvgIpc) is 2.41. The Bertz CT molecular complexity index is 618. The zero-order valence-electron chi connectivity index (χ0n) is 11.5. The van der Waals surface area contributed by atoms with Crippen LogP contribution in [0.25, 0.3) is 0 Å². The molecule has 0 radical (unpaired) electrons. The number of para-hydroxylation sites is 1. The molecule has 20 heavy (non-hydrogen) atoms. The van der Waals surface area contributed by atoms with E-state index in [0.29, 0.717) is 17.4 Å². The summed E-state index contributed by atoms with van der Waals surface area (Å²) in [6.45, 7) is 4.21. The Morgan fingerprint density at radius 3 is 2.35 bits per heavy atom. The Hall–Kier alpha value is -2.49. The number of nitrogens with two attached hydrogens (primary N) is 1. The molecule has 2 rings (SSSR count). The van der Waals surface area contributed by atoms with Crippen molar-refractivity contribution in [2.75, 3.05) is 5.73 Å². The van der Waals surface area contributed by atoms with E-state index in [1.165, 1.54) is 11.6 Å². The standard InChI is InChI=1S/C16H17NO3/c1-10(2)11-6-8-12(9-7-11)20-15-13(16(18)19)4-3-5-14(15)17/h3-10H,17H2,1-2H3,(H,18,19). The molecule has 4 nitrogen and oxygen atoms in total. The van der Waals surface area contributed by atoms with Gasteiger partial charge in [-0.2, -0.15) is 0 Å². The molecule has 2 aromatic carbocycles. The number of hydrogen-bond donors (Lipinski definition) is 2. The van der Waals surface area contributed by atoms with Crippen molar-refractivity contribution in [2.45, 2.75) is 19.8 Å². The summed E-state index contributed by atoms with van der Waals surface area (Å²) in [5.74, 6) is 0.110. The molecule has 104 valence electrons. The van der Waals surface area contributed by atoms with Crippen LogP contribution in [0.1, 0.15) is 35.7 Å². The Kier molecular flexibility index (Phi) is 3.94. The van der Waals surface area contributed by atoms with Gasteiger partial charge < -0.3 is 15.6 Å². The summed E-state index contributed by atoms with van der Waals surface area (Å²) in [6.07, 6.45) is 0. The topological polar surface area (TPSA) is 72.5 Å². The number of rotatable bonds is 4. The maximum Gasteiger partial charge on any atom is 0.339 e. The monoisotopic (exact) mass is 271 g/mol. The van der Waals surface area contributed by atoms with E-state index >= 15 is 0 Å². The van der Waals surface area contributed by atoms with E-state index in [2.05, 4.69) is 13.8 Å². The quantitative estimate of drug-likeness (QED) is 0.828. The van der Waals surface area contributed by atoms with E-state index in [-0.39, 0.29) is 11.3 Å². The van der Waals surface area contributed by atoms with Crippen LogP contribution >= 0.6 is 0 Å². The van der Waals surface area contributed by atoms with Crippen LogP contribution in [0.2, 0.25) is 0 Å². The molecule has 0 bridgehead atoms. The van der Waals surface area contributed by atoms with Crippen LogP contribution in [0, 0.1) is 0 Å². The number of carboxylic acids is 1. The molecule has 0 unspecified atom stereocenters. The minimum atomic E-state index is -1.06. The third kappa shape index (κ3) is 2.91. The lowest BCUT2D eigenvalue weighted by Crippen LogP contribution is -2.03. The lowest BCUT2D eigenvalue weighted by Gasteiger charge is -2.12. The molecular formula is C16H17NO3. The van der Waals surface area contributed by atoms with E-state index < -0.39 is 5.97 Å². The van der Waals surface area contributed by atoms with Gasteiger partial charge >= 0.3 is 5.97 Å². The van der Waals surface area contributed by atoms with E-state index in [9.17, 15) is 4.79 Å². The van der Waals surface area contributed by atoms with Crippen molar-refractivity contribution in [1.82, 2.24) is 0 Å². The van der Waals surface area contributed by atoms with Crippen LogP contribution in [0.4, 0.5) is 5.69 Å². The number of ether oxygens (including phenoxy) is 1. The van der Waals surface area contributed by atoms with Crippen molar-refractivity contribution >= 4 is 11.7 Å². The van der Waals surface area contributed by atoms with Crippen LogP contribution in [0.15, 0.2) is 42.5 Å². The molecule has 0 heterocycles. The summed E-state index contributed by atoms with van der Waals surface area (Å²) >= 11 is 0. The summed E-state index contributed by atoms with van der Waals surface area (Å²) in [4.78, 5) is 11.2. The first-order valence-corrected chi connectivity index (χ1v) is 6.38. The van der Waals surface area contributed by atoms with Crippen LogP contribution in [0.5, 0.6) is 11.5 Å². The third-order valence-corrected chi connectivity index (χ3v) is 3.04. The number of anilines is 1. The maximum absolute atomic E-state index is 11.2. The number of aromatic carboxylic acids is 1. The van der Waals surface area contributed by atoms with Crippen molar-refractivity contribution < 1.29 is 14.6 Å². The number of nitrogen functional groups attached to an aromatic ring is 1. The Balaban J connectivity index is 2.32. The SMILES string of the molecule is CC(C)c1ccc(Oc2c(N)cccc2C(=O)O)cc1. The Morgan fingerprint density at radius 1 is 1.15 bits per heavy atom. The van der Waals surface area contributed by atoms with E-state index in [4.69, 9.17) is 15.6 Å². The van der Waals surface area contributed by atoms with Crippen molar-refractivity contribution in [3.8, 4) is 11.5 Å². The summed E-state index contributed by atoms with van der Waals surface area (Å²) < 4.78 is 5.63. The molecule has 0 spiro atoms. The summed E-state index contributed by atoms with van der Waals surface area (Å²) in [5.41, 5.74) is 7.35. The first-order valence-electron chi connectivity index (χ1n) is 6.38. The third-order valence-electron chi connectivity index (χ3n) is 3.04. The van der Waals surface area contributed by atoms with Gasteiger partial charge in [-0.05, 0) is 35.7 Å². The second kappa shape index (κ2) is 5.65. The van der Waals surface area contributed by atoms with Crippen LogP contribution in [-0.2, 0) is 0 Å². The molecular weight excluding hydrogens is 254 g/mol. The van der Waals surface area contributed by atoms with Gasteiger partial charge in [-0.25, -0.2) is 4.79 Å². The minimum absolute atomic E-state index is 0.0536. The zero-order valence-corrected chi connectivity index (χ0v) is 11.5. The van der Waals surface area contributed by atoms with Gasteiger partial charge in [-0.15, -0.1) is 0 Å². The molecule has 0 aromatic heterocycles. The highest BCUT2D eigenvalue weighted by Crippen LogP contribution is 2.32. The van der Waals surface area contributed by atoms with Crippen LogP contribution in [0.3, 0.4) is 0 Å². The molecule has 0 aliphatic heterocycles. The highest BCUT2D eigenvalue weighted by atomic mass is 16.5. The fourth-order valence-electron chi connectivity index (χ4n) is 1.88. The largest absolute Gasteiger partial charge is 0.478 e. The number of carbonyl (C=O) groups is 1. The molecule has 0 amide bonds. The van der Waals surface area contributed by atoms with Crippen molar-refractivity contribution in [3.63, 3.8) is 0 Å². The zero-order chi connectivity index (χ0) is 14.7. The summed E-state index contributed by atoms with van der Waals surface area (Å²) in [6, 6.07) is 12.2. The van der Waals surface area contributed by atoms with Crippen molar-refractivity contribution in [3.05, 3.63) is 53.6 Å². The minimum Gasteiger partial charge on any atom is -0.478 e. The molecule has 0 aliphatic carbocycles. The van der Waals surface area contributed by atoms with Gasteiger partial charge in [0.25, 0.3) is 0 Å².